The molecule has 2 N–H and O–H groups in total. The zero-order valence-electron chi connectivity index (χ0n) is 15.1. The Morgan fingerprint density at radius 3 is 2.56 bits per heavy atom. The van der Waals surface area contributed by atoms with Gasteiger partial charge in [-0.15, -0.1) is 0 Å². The molecule has 6 nitrogen and oxygen atoms in total. The fourth-order valence-corrected chi connectivity index (χ4v) is 3.30. The Balaban J connectivity index is 1.34. The summed E-state index contributed by atoms with van der Waals surface area (Å²) in [5.74, 6) is 0.629. The molecule has 1 aliphatic heterocycles. The third-order valence-electron chi connectivity index (χ3n) is 4.77. The monoisotopic (exact) mass is 373 g/mol. The molecule has 0 spiro atoms. The number of amides is 3. The van der Waals surface area contributed by atoms with Gasteiger partial charge in [-0.2, -0.15) is 0 Å². The van der Waals surface area contributed by atoms with Crippen molar-refractivity contribution >= 4 is 11.9 Å². The van der Waals surface area contributed by atoms with Gasteiger partial charge in [0.15, 0.2) is 0 Å². The number of benzene rings is 1. The number of hydrogen-bond donors (Lipinski definition) is 2. The third-order valence-corrected chi connectivity index (χ3v) is 4.77. The van der Waals surface area contributed by atoms with Crippen molar-refractivity contribution in [3.8, 4) is 0 Å². The zero-order chi connectivity index (χ0) is 19.1. The number of furan rings is 1. The van der Waals surface area contributed by atoms with Gasteiger partial charge in [-0.3, -0.25) is 15.0 Å². The summed E-state index contributed by atoms with van der Waals surface area (Å²) in [5, 5.41) is 4.92. The normalized spacial score (nSPS) is 15.4. The van der Waals surface area contributed by atoms with Crippen LogP contribution in [0.25, 0.3) is 0 Å². The highest BCUT2D eigenvalue weighted by atomic mass is 19.1. The number of hydrogen-bond acceptors (Lipinski definition) is 4. The van der Waals surface area contributed by atoms with E-state index in [4.69, 9.17) is 4.42 Å². The third kappa shape index (κ3) is 6.21. The minimum absolute atomic E-state index is 0.206. The first-order chi connectivity index (χ1) is 13.1. The van der Waals surface area contributed by atoms with Gasteiger partial charge < -0.3 is 9.73 Å². The van der Waals surface area contributed by atoms with Crippen LogP contribution >= 0.6 is 0 Å². The first-order valence-electron chi connectivity index (χ1n) is 9.15. The summed E-state index contributed by atoms with van der Waals surface area (Å²) < 4.78 is 18.1. The average molecular weight is 373 g/mol. The molecule has 1 aromatic carbocycles. The lowest BCUT2D eigenvalue weighted by molar-refractivity contribution is -0.121. The van der Waals surface area contributed by atoms with Gasteiger partial charge in [0, 0.05) is 0 Å². The smallest absolute Gasteiger partial charge is 0.321 e. The molecule has 2 aromatic rings. The van der Waals surface area contributed by atoms with E-state index in [0.717, 1.165) is 37.9 Å². The molecule has 144 valence electrons. The molecule has 3 rings (SSSR count). The van der Waals surface area contributed by atoms with Crippen LogP contribution in [-0.2, 0) is 17.8 Å². The number of piperidine rings is 1. The molecule has 0 radical (unpaired) electrons. The van der Waals surface area contributed by atoms with Crippen LogP contribution in [0.1, 0.15) is 24.2 Å². The van der Waals surface area contributed by atoms with E-state index in [1.807, 2.05) is 12.1 Å². The molecule has 1 fully saturated rings. The van der Waals surface area contributed by atoms with Crippen molar-refractivity contribution < 1.29 is 18.4 Å². The second-order valence-corrected chi connectivity index (χ2v) is 6.86. The topological polar surface area (TPSA) is 74.6 Å². The number of imide groups is 1. The van der Waals surface area contributed by atoms with Crippen LogP contribution in [0, 0.1) is 11.7 Å². The Bertz CT molecular complexity index is 738. The van der Waals surface area contributed by atoms with E-state index in [-0.39, 0.29) is 24.8 Å². The van der Waals surface area contributed by atoms with Gasteiger partial charge in [0.25, 0.3) is 0 Å². The van der Waals surface area contributed by atoms with E-state index >= 15 is 0 Å². The quantitative estimate of drug-likeness (QED) is 0.816. The molecule has 1 aliphatic rings. The van der Waals surface area contributed by atoms with Crippen LogP contribution in [0.2, 0.25) is 0 Å². The summed E-state index contributed by atoms with van der Waals surface area (Å²) in [6.07, 6.45) is 4.42. The highest BCUT2D eigenvalue weighted by molar-refractivity contribution is 5.95. The molecule has 27 heavy (non-hydrogen) atoms. The molecule has 0 aliphatic carbocycles. The van der Waals surface area contributed by atoms with Crippen LogP contribution in [0.5, 0.6) is 0 Å². The second kappa shape index (κ2) is 9.32. The van der Waals surface area contributed by atoms with Crippen molar-refractivity contribution in [1.82, 2.24) is 15.5 Å². The van der Waals surface area contributed by atoms with E-state index < -0.39 is 6.03 Å². The number of carbonyl (C=O) groups is 2. The summed E-state index contributed by atoms with van der Waals surface area (Å²) in [7, 11) is 0. The maximum absolute atomic E-state index is 13.0. The van der Waals surface area contributed by atoms with E-state index in [1.54, 1.807) is 12.1 Å². The summed E-state index contributed by atoms with van der Waals surface area (Å²) in [6.45, 7) is 2.07. The van der Waals surface area contributed by atoms with Gasteiger partial charge in [0.05, 0.1) is 19.4 Å². The van der Waals surface area contributed by atoms with Crippen molar-refractivity contribution in [2.75, 3.05) is 19.6 Å². The number of halogens is 1. The molecule has 7 heteroatoms. The maximum Gasteiger partial charge on any atom is 0.321 e. The molecule has 3 amide bonds. The Morgan fingerprint density at radius 2 is 1.89 bits per heavy atom. The fraction of sp³-hybridized carbons (Fsp3) is 0.400. The number of nitrogens with zero attached hydrogens (tertiary/aromatic N) is 1. The number of rotatable bonds is 6. The lowest BCUT2D eigenvalue weighted by Crippen LogP contribution is -2.46. The minimum Gasteiger partial charge on any atom is -0.467 e. The summed E-state index contributed by atoms with van der Waals surface area (Å²) in [4.78, 5) is 25.8. The van der Waals surface area contributed by atoms with Gasteiger partial charge in [-0.1, -0.05) is 12.1 Å². The van der Waals surface area contributed by atoms with Crippen molar-refractivity contribution in [1.29, 1.82) is 0 Å². The van der Waals surface area contributed by atoms with Gasteiger partial charge in [0.1, 0.15) is 11.6 Å². The Morgan fingerprint density at radius 1 is 1.15 bits per heavy atom. The lowest BCUT2D eigenvalue weighted by Gasteiger charge is -2.31. The predicted octanol–water partition coefficient (Wildman–Crippen LogP) is 2.70. The van der Waals surface area contributed by atoms with Gasteiger partial charge >= 0.3 is 6.03 Å². The van der Waals surface area contributed by atoms with Crippen molar-refractivity contribution in [3.63, 3.8) is 0 Å². The first kappa shape index (κ1) is 19.1. The number of likely N-dealkylation sites (tertiary alicyclic amines) is 1. The van der Waals surface area contributed by atoms with E-state index in [0.29, 0.717) is 11.7 Å². The average Bonchev–Trinajstić information content (AvgIpc) is 3.17. The highest BCUT2D eigenvalue weighted by Crippen LogP contribution is 2.21. The van der Waals surface area contributed by atoms with Crippen LogP contribution in [0.3, 0.4) is 0 Å². The molecule has 0 atom stereocenters. The number of nitrogens with one attached hydrogen (secondary N) is 2. The van der Waals surface area contributed by atoms with Crippen LogP contribution < -0.4 is 10.6 Å². The Kier molecular flexibility index (Phi) is 6.59. The predicted molar refractivity (Wildman–Crippen MR) is 98.4 cm³/mol. The van der Waals surface area contributed by atoms with Crippen molar-refractivity contribution in [2.24, 2.45) is 5.92 Å². The van der Waals surface area contributed by atoms with Crippen molar-refractivity contribution in [3.05, 3.63) is 59.8 Å². The first-order valence-corrected chi connectivity index (χ1v) is 9.15. The summed E-state index contributed by atoms with van der Waals surface area (Å²) >= 11 is 0. The van der Waals surface area contributed by atoms with Crippen LogP contribution in [-0.4, -0.2) is 36.5 Å². The molecule has 1 aromatic heterocycles. The van der Waals surface area contributed by atoms with Gasteiger partial charge in [-0.25, -0.2) is 9.18 Å². The highest BCUT2D eigenvalue weighted by Gasteiger charge is 2.21. The molecule has 1 saturated heterocycles. The lowest BCUT2D eigenvalue weighted by atomic mass is 9.90. The van der Waals surface area contributed by atoms with E-state index in [1.165, 1.54) is 18.4 Å². The molecular weight excluding hydrogens is 349 g/mol. The van der Waals surface area contributed by atoms with Crippen LogP contribution in [0.15, 0.2) is 47.1 Å². The summed E-state index contributed by atoms with van der Waals surface area (Å²) in [5.41, 5.74) is 1.14. The zero-order valence-corrected chi connectivity index (χ0v) is 15.1. The number of carbonyl (C=O) groups excluding carboxylic acids is 2. The minimum atomic E-state index is -0.525. The van der Waals surface area contributed by atoms with Gasteiger partial charge in [-0.05, 0) is 68.1 Å². The molecule has 0 unspecified atom stereocenters. The molecule has 0 bridgehead atoms. The van der Waals surface area contributed by atoms with Crippen molar-refractivity contribution in [2.45, 2.75) is 25.8 Å². The largest absolute Gasteiger partial charge is 0.467 e. The molecule has 0 saturated carbocycles. The van der Waals surface area contributed by atoms with Gasteiger partial charge in [0.2, 0.25) is 5.91 Å². The SMILES string of the molecule is O=C(CN1CCC(Cc2ccc(F)cc2)CC1)NC(=O)NCc1ccco1. The standard InChI is InChI=1S/C20H24FN3O3/c21-17-5-3-15(4-6-17)12-16-7-9-24(10-8-16)14-19(25)23-20(26)22-13-18-2-1-11-27-18/h1-6,11,16H,7-10,12-14H2,(H2,22,23,25,26). The Hall–Kier alpha value is -2.67. The molecule has 2 heterocycles. The molecular formula is C20H24FN3O3. The van der Waals surface area contributed by atoms with E-state index in [9.17, 15) is 14.0 Å². The van der Waals surface area contributed by atoms with Crippen LogP contribution in [0.4, 0.5) is 9.18 Å². The second-order valence-electron chi connectivity index (χ2n) is 6.86. The maximum atomic E-state index is 13.0. The number of urea groups is 1. The summed E-state index contributed by atoms with van der Waals surface area (Å²) in [6, 6.07) is 9.60. The fourth-order valence-electron chi connectivity index (χ4n) is 3.30. The van der Waals surface area contributed by atoms with E-state index in [2.05, 4.69) is 15.5 Å². The Labute approximate surface area is 157 Å².